The molecule has 144 valence electrons. The third-order valence-corrected chi connectivity index (χ3v) is 5.78. The Morgan fingerprint density at radius 3 is 2.68 bits per heavy atom. The summed E-state index contributed by atoms with van der Waals surface area (Å²) in [5.41, 5.74) is 3.52. The van der Waals surface area contributed by atoms with E-state index in [9.17, 15) is 4.79 Å². The first-order valence-corrected chi connectivity index (χ1v) is 10.4. The lowest BCUT2D eigenvalue weighted by molar-refractivity contribution is 0.0771. The molecule has 7 nitrogen and oxygen atoms in total. The number of tetrazole rings is 1. The fourth-order valence-electron chi connectivity index (χ4n) is 3.26. The topological polar surface area (TPSA) is 75.9 Å². The number of rotatable bonds is 5. The third kappa shape index (κ3) is 3.87. The van der Waals surface area contributed by atoms with Crippen LogP contribution in [0.25, 0.3) is 5.69 Å². The molecule has 0 aliphatic carbocycles. The molecule has 28 heavy (non-hydrogen) atoms. The standard InChI is InChI=1S/C20H22N6OS/c1-15-17(20(27)25-10-12-28-13-11-25)8-5-9-18(15)21-14-19-22-23-24-26(19)16-6-3-2-4-7-16/h2-9,21H,10-14H2,1H3. The zero-order chi connectivity index (χ0) is 19.3. The fourth-order valence-corrected chi connectivity index (χ4v) is 4.16. The van der Waals surface area contributed by atoms with Crippen LogP contribution in [0.5, 0.6) is 0 Å². The molecule has 1 aliphatic rings. The first-order chi connectivity index (χ1) is 13.7. The quantitative estimate of drug-likeness (QED) is 0.717. The Hall–Kier alpha value is -2.87. The van der Waals surface area contributed by atoms with Gasteiger partial charge in [0.25, 0.3) is 5.91 Å². The first-order valence-electron chi connectivity index (χ1n) is 9.27. The minimum Gasteiger partial charge on any atom is -0.377 e. The molecule has 0 bridgehead atoms. The maximum Gasteiger partial charge on any atom is 0.254 e. The normalized spacial score (nSPS) is 14.1. The molecule has 2 heterocycles. The van der Waals surface area contributed by atoms with E-state index >= 15 is 0 Å². The Balaban J connectivity index is 1.51. The summed E-state index contributed by atoms with van der Waals surface area (Å²) in [7, 11) is 0. The Bertz CT molecular complexity index is 952. The summed E-state index contributed by atoms with van der Waals surface area (Å²) in [6.45, 7) is 4.06. The predicted octanol–water partition coefficient (Wildman–Crippen LogP) is 2.77. The van der Waals surface area contributed by atoms with Crippen LogP contribution in [-0.4, -0.2) is 55.6 Å². The van der Waals surface area contributed by atoms with Crippen LogP contribution >= 0.6 is 11.8 Å². The summed E-state index contributed by atoms with van der Waals surface area (Å²) in [5.74, 6) is 2.82. The molecule has 0 spiro atoms. The summed E-state index contributed by atoms with van der Waals surface area (Å²) in [5, 5.41) is 15.4. The van der Waals surface area contributed by atoms with Crippen molar-refractivity contribution in [3.05, 3.63) is 65.5 Å². The van der Waals surface area contributed by atoms with Crippen LogP contribution in [0.2, 0.25) is 0 Å². The smallest absolute Gasteiger partial charge is 0.254 e. The van der Waals surface area contributed by atoms with E-state index < -0.39 is 0 Å². The van der Waals surface area contributed by atoms with Gasteiger partial charge < -0.3 is 10.2 Å². The molecular formula is C20H22N6OS. The molecule has 1 amide bonds. The molecule has 8 heteroatoms. The monoisotopic (exact) mass is 394 g/mol. The molecule has 1 saturated heterocycles. The average Bonchev–Trinajstić information content (AvgIpc) is 3.22. The minimum absolute atomic E-state index is 0.107. The summed E-state index contributed by atoms with van der Waals surface area (Å²) < 4.78 is 1.71. The van der Waals surface area contributed by atoms with Crippen molar-refractivity contribution in [2.45, 2.75) is 13.5 Å². The van der Waals surface area contributed by atoms with Crippen molar-refractivity contribution in [1.82, 2.24) is 25.1 Å². The number of carbonyl (C=O) groups excluding carboxylic acids is 1. The van der Waals surface area contributed by atoms with Gasteiger partial charge >= 0.3 is 0 Å². The van der Waals surface area contributed by atoms with Gasteiger partial charge in [-0.2, -0.15) is 16.4 Å². The zero-order valence-corrected chi connectivity index (χ0v) is 16.5. The second-order valence-electron chi connectivity index (χ2n) is 6.58. The van der Waals surface area contributed by atoms with Gasteiger partial charge in [0, 0.05) is 35.8 Å². The van der Waals surface area contributed by atoms with Gasteiger partial charge in [0.1, 0.15) is 0 Å². The molecule has 3 aromatic rings. The SMILES string of the molecule is Cc1c(NCc2nnnn2-c2ccccc2)cccc1C(=O)N1CCSCC1. The number of hydrogen-bond acceptors (Lipinski definition) is 6. The second-order valence-corrected chi connectivity index (χ2v) is 7.80. The molecule has 0 saturated carbocycles. The fraction of sp³-hybridized carbons (Fsp3) is 0.300. The van der Waals surface area contributed by atoms with Crippen LogP contribution in [0, 0.1) is 6.92 Å². The summed E-state index contributed by atoms with van der Waals surface area (Å²) in [6, 6.07) is 15.6. The highest BCUT2D eigenvalue weighted by molar-refractivity contribution is 7.99. The molecule has 1 aromatic heterocycles. The van der Waals surface area contributed by atoms with Gasteiger partial charge in [-0.25, -0.2) is 0 Å². The number of amides is 1. The largest absolute Gasteiger partial charge is 0.377 e. The van der Waals surface area contributed by atoms with Crippen molar-refractivity contribution in [2.24, 2.45) is 0 Å². The Kier molecular flexibility index (Phi) is 5.57. The number of anilines is 1. The van der Waals surface area contributed by atoms with Gasteiger partial charge in [0.15, 0.2) is 5.82 Å². The van der Waals surface area contributed by atoms with E-state index in [0.29, 0.717) is 12.4 Å². The molecule has 0 unspecified atom stereocenters. The predicted molar refractivity (Wildman–Crippen MR) is 111 cm³/mol. The molecule has 0 atom stereocenters. The minimum atomic E-state index is 0.107. The molecule has 1 N–H and O–H groups in total. The van der Waals surface area contributed by atoms with Gasteiger partial charge in [-0.3, -0.25) is 4.79 Å². The molecule has 1 aliphatic heterocycles. The van der Waals surface area contributed by atoms with Crippen molar-refractivity contribution in [3.63, 3.8) is 0 Å². The van der Waals surface area contributed by atoms with E-state index in [1.807, 2.05) is 72.1 Å². The van der Waals surface area contributed by atoms with Crippen LogP contribution in [0.1, 0.15) is 21.7 Å². The third-order valence-electron chi connectivity index (χ3n) is 4.83. The Morgan fingerprint density at radius 2 is 1.89 bits per heavy atom. The summed E-state index contributed by atoms with van der Waals surface area (Å²) in [4.78, 5) is 14.8. The Labute approximate surface area is 168 Å². The number of benzene rings is 2. The van der Waals surface area contributed by atoms with Gasteiger partial charge in [-0.15, -0.1) is 5.10 Å². The number of para-hydroxylation sites is 1. The van der Waals surface area contributed by atoms with E-state index in [0.717, 1.165) is 47.1 Å². The number of aromatic nitrogens is 4. The van der Waals surface area contributed by atoms with E-state index in [4.69, 9.17) is 0 Å². The van der Waals surface area contributed by atoms with E-state index in [2.05, 4.69) is 20.8 Å². The van der Waals surface area contributed by atoms with Crippen LogP contribution in [0.4, 0.5) is 5.69 Å². The zero-order valence-electron chi connectivity index (χ0n) is 15.7. The lowest BCUT2D eigenvalue weighted by atomic mass is 10.1. The maximum atomic E-state index is 12.9. The summed E-state index contributed by atoms with van der Waals surface area (Å²) >= 11 is 1.90. The van der Waals surface area contributed by atoms with Crippen molar-refractivity contribution in [3.8, 4) is 5.69 Å². The van der Waals surface area contributed by atoms with Crippen LogP contribution in [-0.2, 0) is 6.54 Å². The number of nitrogens with zero attached hydrogens (tertiary/aromatic N) is 5. The van der Waals surface area contributed by atoms with Crippen molar-refractivity contribution in [1.29, 1.82) is 0 Å². The van der Waals surface area contributed by atoms with Crippen LogP contribution in [0.3, 0.4) is 0 Å². The lowest BCUT2D eigenvalue weighted by Gasteiger charge is -2.27. The average molecular weight is 395 g/mol. The van der Waals surface area contributed by atoms with E-state index in [1.165, 1.54) is 0 Å². The van der Waals surface area contributed by atoms with Crippen LogP contribution < -0.4 is 5.32 Å². The highest BCUT2D eigenvalue weighted by Gasteiger charge is 2.21. The number of hydrogen-bond donors (Lipinski definition) is 1. The Morgan fingerprint density at radius 1 is 1.11 bits per heavy atom. The van der Waals surface area contributed by atoms with Crippen molar-refractivity contribution >= 4 is 23.4 Å². The van der Waals surface area contributed by atoms with Crippen molar-refractivity contribution < 1.29 is 4.79 Å². The van der Waals surface area contributed by atoms with E-state index in [1.54, 1.807) is 4.68 Å². The first kappa shape index (κ1) is 18.5. The molecule has 2 aromatic carbocycles. The van der Waals surface area contributed by atoms with Crippen LogP contribution in [0.15, 0.2) is 48.5 Å². The second kappa shape index (κ2) is 8.43. The number of carbonyl (C=O) groups is 1. The maximum absolute atomic E-state index is 12.9. The highest BCUT2D eigenvalue weighted by atomic mass is 32.2. The van der Waals surface area contributed by atoms with E-state index in [-0.39, 0.29) is 5.91 Å². The highest BCUT2D eigenvalue weighted by Crippen LogP contribution is 2.22. The van der Waals surface area contributed by atoms with Gasteiger partial charge in [-0.05, 0) is 47.2 Å². The summed E-state index contributed by atoms with van der Waals surface area (Å²) in [6.07, 6.45) is 0. The van der Waals surface area contributed by atoms with Crippen molar-refractivity contribution in [2.75, 3.05) is 29.9 Å². The number of nitrogens with one attached hydrogen (secondary N) is 1. The number of thioether (sulfide) groups is 1. The van der Waals surface area contributed by atoms with Gasteiger partial charge in [0.2, 0.25) is 0 Å². The van der Waals surface area contributed by atoms with Gasteiger partial charge in [-0.1, -0.05) is 24.3 Å². The van der Waals surface area contributed by atoms with Gasteiger partial charge in [0.05, 0.1) is 12.2 Å². The molecular weight excluding hydrogens is 372 g/mol. The molecule has 0 radical (unpaired) electrons. The lowest BCUT2D eigenvalue weighted by Crippen LogP contribution is -2.38. The molecule has 4 rings (SSSR count). The molecule has 1 fully saturated rings.